The quantitative estimate of drug-likeness (QED) is 0.643. The fourth-order valence-corrected chi connectivity index (χ4v) is 2.89. The van der Waals surface area contributed by atoms with Crippen LogP contribution in [0, 0.1) is 0 Å². The van der Waals surface area contributed by atoms with Gasteiger partial charge in [0.15, 0.2) is 5.16 Å². The van der Waals surface area contributed by atoms with Gasteiger partial charge in [-0.05, 0) is 39.9 Å². The van der Waals surface area contributed by atoms with Crippen LogP contribution in [0.5, 0.6) is 5.88 Å². The van der Waals surface area contributed by atoms with Crippen LogP contribution in [0.15, 0.2) is 11.2 Å². The average Bonchev–Trinajstić information content (AvgIpc) is 2.99. The zero-order valence-electron chi connectivity index (χ0n) is 15.0. The van der Waals surface area contributed by atoms with Crippen molar-refractivity contribution in [2.24, 2.45) is 0 Å². The molecule has 1 aliphatic rings. The van der Waals surface area contributed by atoms with E-state index in [1.807, 2.05) is 27.0 Å². The fraction of sp³-hybridized carbons (Fsp3) is 0.688. The van der Waals surface area contributed by atoms with Gasteiger partial charge in [0.05, 0.1) is 13.2 Å². The molecule has 1 aromatic rings. The van der Waals surface area contributed by atoms with Crippen LogP contribution < -0.4 is 10.1 Å². The first-order chi connectivity index (χ1) is 11.3. The van der Waals surface area contributed by atoms with Gasteiger partial charge < -0.3 is 19.7 Å². The van der Waals surface area contributed by atoms with E-state index in [0.717, 1.165) is 19.4 Å². The van der Waals surface area contributed by atoms with E-state index in [4.69, 9.17) is 9.47 Å². The maximum atomic E-state index is 12.3. The van der Waals surface area contributed by atoms with Crippen molar-refractivity contribution in [3.8, 4) is 5.88 Å². The van der Waals surface area contributed by atoms with Crippen molar-refractivity contribution in [2.45, 2.75) is 50.4 Å². The summed E-state index contributed by atoms with van der Waals surface area (Å²) in [7, 11) is 1.58. The molecule has 134 valence electrons. The molecule has 1 aromatic heterocycles. The Kier molecular flexibility index (Phi) is 6.15. The fourth-order valence-electron chi connectivity index (χ4n) is 2.52. The van der Waals surface area contributed by atoms with Crippen LogP contribution in [0.2, 0.25) is 0 Å². The van der Waals surface area contributed by atoms with E-state index in [9.17, 15) is 4.79 Å². The zero-order valence-corrected chi connectivity index (χ0v) is 15.8. The van der Waals surface area contributed by atoms with Gasteiger partial charge in [0, 0.05) is 19.2 Å². The Balaban J connectivity index is 1.99. The lowest BCUT2D eigenvalue weighted by atomic mass is 10.2. The summed E-state index contributed by atoms with van der Waals surface area (Å²) in [6.45, 7) is 6.99. The van der Waals surface area contributed by atoms with Gasteiger partial charge in [-0.2, -0.15) is 4.98 Å². The number of thioether (sulfide) groups is 1. The molecule has 0 saturated carbocycles. The zero-order chi connectivity index (χ0) is 17.7. The van der Waals surface area contributed by atoms with Crippen molar-refractivity contribution >= 4 is 23.7 Å². The molecule has 0 bridgehead atoms. The number of aromatic nitrogens is 2. The number of nitrogens with one attached hydrogen (secondary N) is 1. The topological polar surface area (TPSA) is 76.6 Å². The van der Waals surface area contributed by atoms with Gasteiger partial charge in [-0.15, -0.1) is 0 Å². The first-order valence-corrected chi connectivity index (χ1v) is 9.25. The normalized spacial score (nSPS) is 17.7. The number of hydrogen-bond acceptors (Lipinski definition) is 7. The summed E-state index contributed by atoms with van der Waals surface area (Å²) >= 11 is 1.46. The molecule has 1 saturated heterocycles. The smallest absolute Gasteiger partial charge is 0.410 e. The summed E-state index contributed by atoms with van der Waals surface area (Å²) in [5.74, 6) is 1.22. The van der Waals surface area contributed by atoms with Gasteiger partial charge in [0.2, 0.25) is 5.88 Å². The Morgan fingerprint density at radius 1 is 1.46 bits per heavy atom. The van der Waals surface area contributed by atoms with Crippen LogP contribution in [0.3, 0.4) is 0 Å². The summed E-state index contributed by atoms with van der Waals surface area (Å²) < 4.78 is 10.7. The van der Waals surface area contributed by atoms with Crippen LogP contribution in [0.1, 0.15) is 33.6 Å². The molecular weight excluding hydrogens is 328 g/mol. The molecule has 24 heavy (non-hydrogen) atoms. The molecular formula is C16H26N4O3S. The van der Waals surface area contributed by atoms with Gasteiger partial charge in [-0.25, -0.2) is 9.78 Å². The second kappa shape index (κ2) is 7.92. The van der Waals surface area contributed by atoms with Gasteiger partial charge >= 0.3 is 6.09 Å². The van der Waals surface area contributed by atoms with E-state index < -0.39 is 5.60 Å². The maximum absolute atomic E-state index is 12.3. The van der Waals surface area contributed by atoms with Gasteiger partial charge in [0.25, 0.3) is 0 Å². The molecule has 1 aliphatic heterocycles. The number of likely N-dealkylation sites (tertiary alicyclic amines) is 1. The summed E-state index contributed by atoms with van der Waals surface area (Å²) in [5, 5.41) is 3.94. The molecule has 0 spiro atoms. The van der Waals surface area contributed by atoms with Crippen molar-refractivity contribution in [3.63, 3.8) is 0 Å². The van der Waals surface area contributed by atoms with Crippen LogP contribution >= 0.6 is 11.8 Å². The molecule has 1 N–H and O–H groups in total. The Morgan fingerprint density at radius 3 is 2.83 bits per heavy atom. The van der Waals surface area contributed by atoms with Crippen molar-refractivity contribution in [2.75, 3.05) is 31.8 Å². The Labute approximate surface area is 147 Å². The average molecular weight is 354 g/mol. The van der Waals surface area contributed by atoms with Crippen LogP contribution in [-0.2, 0) is 4.74 Å². The van der Waals surface area contributed by atoms with E-state index in [2.05, 4.69) is 15.3 Å². The molecule has 1 unspecified atom stereocenters. The third-order valence-electron chi connectivity index (χ3n) is 3.60. The minimum absolute atomic E-state index is 0.0959. The van der Waals surface area contributed by atoms with E-state index >= 15 is 0 Å². The SMILES string of the molecule is COc1cc(NCC2CCCN2C(=O)OC(C)(C)C)nc(SC)n1. The number of carbonyl (C=O) groups is 1. The Bertz CT molecular complexity index is 555. The molecule has 2 rings (SSSR count). The predicted molar refractivity (Wildman–Crippen MR) is 94.8 cm³/mol. The third-order valence-corrected chi connectivity index (χ3v) is 4.15. The molecule has 8 heteroatoms. The molecule has 0 aliphatic carbocycles. The number of anilines is 1. The van der Waals surface area contributed by atoms with Crippen molar-refractivity contribution in [1.82, 2.24) is 14.9 Å². The van der Waals surface area contributed by atoms with Crippen LogP contribution in [-0.4, -0.2) is 59.1 Å². The van der Waals surface area contributed by atoms with E-state index in [1.54, 1.807) is 18.1 Å². The number of hydrogen-bond donors (Lipinski definition) is 1. The number of methoxy groups -OCH3 is 1. The van der Waals surface area contributed by atoms with E-state index in [-0.39, 0.29) is 12.1 Å². The standard InChI is InChI=1S/C16H26N4O3S/c1-16(2,3)23-15(21)20-8-6-7-11(20)10-17-12-9-13(22-4)19-14(18-12)24-5/h9,11H,6-8,10H2,1-5H3,(H,17,18,19). The molecule has 7 nitrogen and oxygen atoms in total. The minimum atomic E-state index is -0.481. The number of rotatable bonds is 5. The third kappa shape index (κ3) is 5.15. The second-order valence-corrected chi connectivity index (χ2v) is 7.41. The second-order valence-electron chi connectivity index (χ2n) is 6.63. The summed E-state index contributed by atoms with van der Waals surface area (Å²) in [6.07, 6.45) is 3.59. The minimum Gasteiger partial charge on any atom is -0.481 e. The summed E-state index contributed by atoms with van der Waals surface area (Å²) in [4.78, 5) is 22.8. The predicted octanol–water partition coefficient (Wildman–Crippen LogP) is 3.02. The van der Waals surface area contributed by atoms with Gasteiger partial charge in [0.1, 0.15) is 11.4 Å². The van der Waals surface area contributed by atoms with Crippen molar-refractivity contribution in [3.05, 3.63) is 6.07 Å². The van der Waals surface area contributed by atoms with Crippen LogP contribution in [0.4, 0.5) is 10.6 Å². The number of ether oxygens (including phenoxy) is 2. The molecule has 0 aromatic carbocycles. The lowest BCUT2D eigenvalue weighted by Gasteiger charge is -2.28. The molecule has 1 fully saturated rings. The van der Waals surface area contributed by atoms with Gasteiger partial charge in [-0.3, -0.25) is 0 Å². The summed E-state index contributed by atoms with van der Waals surface area (Å²) in [5.41, 5.74) is -0.481. The van der Waals surface area contributed by atoms with E-state index in [0.29, 0.717) is 23.4 Å². The monoisotopic (exact) mass is 354 g/mol. The largest absolute Gasteiger partial charge is 0.481 e. The maximum Gasteiger partial charge on any atom is 0.410 e. The molecule has 1 atom stereocenters. The highest BCUT2D eigenvalue weighted by Gasteiger charge is 2.32. The lowest BCUT2D eigenvalue weighted by Crippen LogP contribution is -2.42. The highest BCUT2D eigenvalue weighted by Crippen LogP contribution is 2.23. The molecule has 2 heterocycles. The Morgan fingerprint density at radius 2 is 2.21 bits per heavy atom. The lowest BCUT2D eigenvalue weighted by molar-refractivity contribution is 0.0235. The van der Waals surface area contributed by atoms with Crippen LogP contribution in [0.25, 0.3) is 0 Å². The number of carbonyl (C=O) groups excluding carboxylic acids is 1. The first-order valence-electron chi connectivity index (χ1n) is 8.03. The highest BCUT2D eigenvalue weighted by molar-refractivity contribution is 7.98. The molecule has 0 radical (unpaired) electrons. The highest BCUT2D eigenvalue weighted by atomic mass is 32.2. The molecule has 1 amide bonds. The number of amides is 1. The van der Waals surface area contributed by atoms with Crippen molar-refractivity contribution < 1.29 is 14.3 Å². The van der Waals surface area contributed by atoms with E-state index in [1.165, 1.54) is 11.8 Å². The Hall–Kier alpha value is -1.70. The summed E-state index contributed by atoms with van der Waals surface area (Å²) in [6, 6.07) is 1.85. The number of nitrogens with zero attached hydrogens (tertiary/aromatic N) is 3. The first kappa shape index (κ1) is 18.6. The van der Waals surface area contributed by atoms with Crippen molar-refractivity contribution in [1.29, 1.82) is 0 Å². The van der Waals surface area contributed by atoms with Gasteiger partial charge in [-0.1, -0.05) is 11.8 Å².